The van der Waals surface area contributed by atoms with E-state index in [-0.39, 0.29) is 0 Å². The second-order valence-corrected chi connectivity index (χ2v) is 3.32. The van der Waals surface area contributed by atoms with Gasteiger partial charge in [0.05, 0.1) is 12.3 Å². The van der Waals surface area contributed by atoms with Crippen LogP contribution in [0.5, 0.6) is 0 Å². The van der Waals surface area contributed by atoms with E-state index in [1.807, 2.05) is 0 Å². The van der Waals surface area contributed by atoms with Crippen molar-refractivity contribution in [1.29, 1.82) is 0 Å². The number of hydrogen-bond acceptors (Lipinski definition) is 6. The van der Waals surface area contributed by atoms with Crippen LogP contribution in [0.4, 0.5) is 5.13 Å². The lowest BCUT2D eigenvalue weighted by molar-refractivity contribution is -0.144. The van der Waals surface area contributed by atoms with E-state index in [0.717, 1.165) is 0 Å². The fourth-order valence-corrected chi connectivity index (χ4v) is 1.43. The predicted molar refractivity (Wildman–Crippen MR) is 51.7 cm³/mol. The van der Waals surface area contributed by atoms with Gasteiger partial charge in [-0.25, -0.2) is 4.98 Å². The highest BCUT2D eigenvalue weighted by atomic mass is 32.1. The molecular weight excluding hydrogens is 206 g/mol. The molecule has 0 aliphatic rings. The number of carboxylic acid groups (broad SMARTS) is 1. The number of aliphatic carboxylic acids is 1. The first-order valence-electron chi connectivity index (χ1n) is 3.96. The second-order valence-electron chi connectivity index (χ2n) is 2.43. The first-order chi connectivity index (χ1) is 6.65. The third kappa shape index (κ3) is 2.66. The standard InChI is InChI=1S/C7H11N3O3S/c1-2-13-10-5(6(11)12)4-3-14-7(8)9-4/h3,5,10H,2H2,1H3,(H2,8,9)(H,11,12). The van der Waals surface area contributed by atoms with E-state index >= 15 is 0 Å². The topological polar surface area (TPSA) is 97.5 Å². The number of hydroxylamine groups is 1. The molecule has 0 saturated heterocycles. The summed E-state index contributed by atoms with van der Waals surface area (Å²) in [6, 6.07) is -0.969. The maximum Gasteiger partial charge on any atom is 0.329 e. The number of nitrogens with one attached hydrogen (secondary N) is 1. The molecule has 0 spiro atoms. The molecule has 6 nitrogen and oxygen atoms in total. The minimum Gasteiger partial charge on any atom is -0.480 e. The summed E-state index contributed by atoms with van der Waals surface area (Å²) in [5.74, 6) is -1.05. The zero-order valence-corrected chi connectivity index (χ0v) is 8.37. The number of carbonyl (C=O) groups is 1. The van der Waals surface area contributed by atoms with E-state index in [2.05, 4.69) is 10.5 Å². The van der Waals surface area contributed by atoms with Crippen LogP contribution in [0.2, 0.25) is 0 Å². The van der Waals surface area contributed by atoms with Gasteiger partial charge in [-0.1, -0.05) is 0 Å². The van der Waals surface area contributed by atoms with Crippen LogP contribution in [0.25, 0.3) is 0 Å². The molecule has 7 heteroatoms. The molecular formula is C7H11N3O3S. The van der Waals surface area contributed by atoms with Gasteiger partial charge in [0.15, 0.2) is 11.2 Å². The van der Waals surface area contributed by atoms with E-state index in [0.29, 0.717) is 17.4 Å². The molecule has 0 aromatic carbocycles. The van der Waals surface area contributed by atoms with E-state index in [1.54, 1.807) is 12.3 Å². The summed E-state index contributed by atoms with van der Waals surface area (Å²) in [6.45, 7) is 2.13. The van der Waals surface area contributed by atoms with Gasteiger partial charge in [0.1, 0.15) is 0 Å². The molecule has 0 amide bonds. The van der Waals surface area contributed by atoms with Crippen LogP contribution in [0, 0.1) is 0 Å². The summed E-state index contributed by atoms with van der Waals surface area (Å²) in [4.78, 5) is 19.5. The van der Waals surface area contributed by atoms with Crippen LogP contribution in [0.3, 0.4) is 0 Å². The summed E-state index contributed by atoms with van der Waals surface area (Å²) in [7, 11) is 0. The van der Waals surface area contributed by atoms with Crippen LogP contribution < -0.4 is 11.2 Å². The van der Waals surface area contributed by atoms with Crippen molar-refractivity contribution in [2.75, 3.05) is 12.3 Å². The highest BCUT2D eigenvalue weighted by molar-refractivity contribution is 7.13. The number of nitrogen functional groups attached to an aromatic ring is 1. The van der Waals surface area contributed by atoms with Crippen LogP contribution in [-0.2, 0) is 9.63 Å². The molecule has 1 rings (SSSR count). The Hall–Kier alpha value is -1.18. The first kappa shape index (κ1) is 10.9. The normalized spacial score (nSPS) is 12.6. The zero-order chi connectivity index (χ0) is 10.6. The molecule has 1 unspecified atom stereocenters. The Morgan fingerprint density at radius 2 is 2.64 bits per heavy atom. The van der Waals surface area contributed by atoms with Gasteiger partial charge in [-0.2, -0.15) is 5.48 Å². The number of thiazole rings is 1. The number of nitrogens with zero attached hydrogens (tertiary/aromatic N) is 1. The number of aromatic nitrogens is 1. The maximum absolute atomic E-state index is 10.8. The van der Waals surface area contributed by atoms with E-state index in [4.69, 9.17) is 15.7 Å². The molecule has 1 atom stereocenters. The summed E-state index contributed by atoms with van der Waals surface area (Å²) >= 11 is 1.19. The monoisotopic (exact) mass is 217 g/mol. The Kier molecular flexibility index (Phi) is 3.81. The van der Waals surface area contributed by atoms with Crippen LogP contribution in [-0.4, -0.2) is 22.7 Å². The molecule has 1 aromatic heterocycles. The van der Waals surface area contributed by atoms with Crippen molar-refractivity contribution in [3.63, 3.8) is 0 Å². The summed E-state index contributed by atoms with van der Waals surface area (Å²) in [5, 5.41) is 10.8. The Balaban J connectivity index is 2.72. The van der Waals surface area contributed by atoms with Crippen molar-refractivity contribution in [2.24, 2.45) is 0 Å². The quantitative estimate of drug-likeness (QED) is 0.617. The molecule has 0 saturated carbocycles. The highest BCUT2D eigenvalue weighted by Gasteiger charge is 2.22. The number of nitrogens with two attached hydrogens (primary N) is 1. The molecule has 0 aliphatic heterocycles. The second kappa shape index (κ2) is 4.89. The van der Waals surface area contributed by atoms with E-state index in [1.165, 1.54) is 11.3 Å². The van der Waals surface area contributed by atoms with Gasteiger partial charge in [0, 0.05) is 5.38 Å². The zero-order valence-electron chi connectivity index (χ0n) is 7.56. The Morgan fingerprint density at radius 1 is 1.93 bits per heavy atom. The lowest BCUT2D eigenvalue weighted by atomic mass is 10.2. The molecule has 4 N–H and O–H groups in total. The van der Waals surface area contributed by atoms with Gasteiger partial charge in [-0.15, -0.1) is 11.3 Å². The van der Waals surface area contributed by atoms with Gasteiger partial charge in [-0.3, -0.25) is 4.79 Å². The van der Waals surface area contributed by atoms with Crippen molar-refractivity contribution in [2.45, 2.75) is 13.0 Å². The molecule has 0 fully saturated rings. The molecule has 1 aromatic rings. The smallest absolute Gasteiger partial charge is 0.329 e. The Labute approximate surface area is 84.7 Å². The lowest BCUT2D eigenvalue weighted by Crippen LogP contribution is -2.28. The SMILES string of the molecule is CCONC(C(=O)O)c1csc(N)n1. The Bertz CT molecular complexity index is 315. The van der Waals surface area contributed by atoms with Gasteiger partial charge in [-0.05, 0) is 6.92 Å². The van der Waals surface area contributed by atoms with Gasteiger partial charge >= 0.3 is 5.97 Å². The highest BCUT2D eigenvalue weighted by Crippen LogP contribution is 2.18. The number of carboxylic acids is 1. The number of rotatable bonds is 5. The van der Waals surface area contributed by atoms with E-state index in [9.17, 15) is 4.79 Å². The molecule has 78 valence electrons. The third-order valence-electron chi connectivity index (χ3n) is 1.43. The molecule has 14 heavy (non-hydrogen) atoms. The van der Waals surface area contributed by atoms with Gasteiger partial charge in [0.25, 0.3) is 0 Å². The summed E-state index contributed by atoms with van der Waals surface area (Å²) in [6.07, 6.45) is 0. The van der Waals surface area contributed by atoms with Crippen LogP contribution in [0.15, 0.2) is 5.38 Å². The largest absolute Gasteiger partial charge is 0.480 e. The molecule has 1 heterocycles. The summed E-state index contributed by atoms with van der Waals surface area (Å²) in [5.41, 5.74) is 8.13. The van der Waals surface area contributed by atoms with Gasteiger partial charge in [0.2, 0.25) is 0 Å². The fraction of sp³-hybridized carbons (Fsp3) is 0.429. The van der Waals surface area contributed by atoms with Crippen molar-refractivity contribution in [1.82, 2.24) is 10.5 Å². The first-order valence-corrected chi connectivity index (χ1v) is 4.84. The molecule has 0 radical (unpaired) electrons. The summed E-state index contributed by atoms with van der Waals surface area (Å²) < 4.78 is 0. The molecule has 0 aliphatic carbocycles. The third-order valence-corrected chi connectivity index (χ3v) is 2.12. The average Bonchev–Trinajstić information content (AvgIpc) is 2.52. The lowest BCUT2D eigenvalue weighted by Gasteiger charge is -2.10. The van der Waals surface area contributed by atoms with Crippen molar-refractivity contribution >= 4 is 22.4 Å². The Morgan fingerprint density at radius 3 is 3.07 bits per heavy atom. The maximum atomic E-state index is 10.8. The minimum atomic E-state index is -1.05. The number of anilines is 1. The van der Waals surface area contributed by atoms with Gasteiger partial charge < -0.3 is 15.7 Å². The number of hydrogen-bond donors (Lipinski definition) is 3. The fourth-order valence-electron chi connectivity index (χ4n) is 0.837. The van der Waals surface area contributed by atoms with Crippen LogP contribution in [0.1, 0.15) is 18.7 Å². The van der Waals surface area contributed by atoms with Crippen LogP contribution >= 0.6 is 11.3 Å². The minimum absolute atomic E-state index is 0.338. The van der Waals surface area contributed by atoms with Crippen molar-refractivity contribution < 1.29 is 14.7 Å². The predicted octanol–water partition coefficient (Wildman–Crippen LogP) is 0.392. The van der Waals surface area contributed by atoms with Crippen molar-refractivity contribution in [3.05, 3.63) is 11.1 Å². The van der Waals surface area contributed by atoms with Crippen molar-refractivity contribution in [3.8, 4) is 0 Å². The average molecular weight is 217 g/mol. The molecule has 0 bridgehead atoms. The van der Waals surface area contributed by atoms with E-state index < -0.39 is 12.0 Å².